The van der Waals surface area contributed by atoms with Gasteiger partial charge in [-0.05, 0) is 43.5 Å². The zero-order valence-electron chi connectivity index (χ0n) is 17.6. The molecule has 1 aliphatic heterocycles. The monoisotopic (exact) mass is 432 g/mol. The minimum absolute atomic E-state index is 0.259. The Bertz CT molecular complexity index is 1200. The van der Waals surface area contributed by atoms with Crippen LogP contribution < -0.4 is 5.32 Å². The Hall–Kier alpha value is -3.66. The molecule has 10 heteroatoms. The number of H-pyrrole nitrogens is 1. The third-order valence-electron chi connectivity index (χ3n) is 5.52. The summed E-state index contributed by atoms with van der Waals surface area (Å²) in [5.74, 6) is 0.183. The number of hydrogen-bond acceptors (Lipinski definition) is 7. The Morgan fingerprint density at radius 3 is 2.91 bits per heavy atom. The van der Waals surface area contributed by atoms with Crippen LogP contribution in [0.1, 0.15) is 46.3 Å². The normalized spacial score (nSPS) is 13.9. The molecule has 0 radical (unpaired) electrons. The Morgan fingerprint density at radius 2 is 2.09 bits per heavy atom. The summed E-state index contributed by atoms with van der Waals surface area (Å²) in [6.45, 7) is 2.58. The number of aromatic amines is 1. The van der Waals surface area contributed by atoms with E-state index in [9.17, 15) is 4.79 Å². The topological polar surface area (TPSA) is 124 Å². The van der Waals surface area contributed by atoms with Crippen molar-refractivity contribution >= 4 is 16.9 Å². The van der Waals surface area contributed by atoms with Gasteiger partial charge in [-0.2, -0.15) is 5.10 Å². The molecular weight excluding hydrogens is 408 g/mol. The summed E-state index contributed by atoms with van der Waals surface area (Å²) < 4.78 is 6.96. The van der Waals surface area contributed by atoms with E-state index in [4.69, 9.17) is 4.74 Å². The van der Waals surface area contributed by atoms with Crippen LogP contribution in [0.15, 0.2) is 42.7 Å². The molecule has 10 nitrogen and oxygen atoms in total. The lowest BCUT2D eigenvalue weighted by Gasteiger charge is -2.24. The van der Waals surface area contributed by atoms with Gasteiger partial charge in [-0.25, -0.2) is 0 Å². The van der Waals surface area contributed by atoms with E-state index >= 15 is 0 Å². The molecule has 1 aliphatic rings. The van der Waals surface area contributed by atoms with Crippen molar-refractivity contribution < 1.29 is 9.53 Å². The lowest BCUT2D eigenvalue weighted by Crippen LogP contribution is -2.25. The van der Waals surface area contributed by atoms with E-state index in [1.54, 1.807) is 17.1 Å². The van der Waals surface area contributed by atoms with E-state index in [1.807, 2.05) is 18.2 Å². The van der Waals surface area contributed by atoms with E-state index in [1.165, 1.54) is 5.69 Å². The molecule has 2 N–H and O–H groups in total. The number of unbranched alkanes of at least 4 members (excludes halogenated alkanes) is 1. The smallest absolute Gasteiger partial charge is 0.273 e. The molecular formula is C22H24N8O2. The maximum atomic E-state index is 12.2. The van der Waals surface area contributed by atoms with Crippen LogP contribution >= 0.6 is 0 Å². The van der Waals surface area contributed by atoms with Crippen LogP contribution in [0.2, 0.25) is 0 Å². The molecule has 0 aromatic carbocycles. The molecule has 0 spiro atoms. The fraction of sp³-hybridized carbons (Fsp3) is 0.364. The number of pyridine rings is 1. The average Bonchev–Trinajstić information content (AvgIpc) is 3.41. The van der Waals surface area contributed by atoms with Gasteiger partial charge in [0.25, 0.3) is 5.91 Å². The van der Waals surface area contributed by atoms with E-state index in [2.05, 4.69) is 47.9 Å². The standard InChI is InChI=1S/C22H24N8O2/c31-22(24-11-18-6-1-3-7-23-18)20-12-30(29-27-20)8-4-2-5-17-9-15-10-19(16-13-32-14-16)25-21(15)28-26-17/h1,3,6-7,9-10,12,16H,2,4-5,8,11,13-14H2,(H,24,31)(H,25,28). The number of nitrogens with zero attached hydrogens (tertiary/aromatic N) is 6. The minimum atomic E-state index is -0.259. The Balaban J connectivity index is 1.08. The molecule has 164 valence electrons. The number of hydrogen-bond donors (Lipinski definition) is 2. The molecule has 5 rings (SSSR count). The highest BCUT2D eigenvalue weighted by Gasteiger charge is 2.22. The van der Waals surface area contributed by atoms with Crippen LogP contribution in [-0.2, 0) is 24.2 Å². The van der Waals surface area contributed by atoms with E-state index < -0.39 is 0 Å². The average molecular weight is 432 g/mol. The molecule has 1 amide bonds. The number of fused-ring (bicyclic) bond motifs is 1. The predicted octanol–water partition coefficient (Wildman–Crippen LogP) is 2.01. The first-order valence-corrected chi connectivity index (χ1v) is 10.8. The number of carbonyl (C=O) groups excluding carboxylic acids is 1. The third-order valence-corrected chi connectivity index (χ3v) is 5.52. The first kappa shape index (κ1) is 20.3. The van der Waals surface area contributed by atoms with Gasteiger partial charge >= 0.3 is 0 Å². The second-order valence-electron chi connectivity index (χ2n) is 7.93. The number of aryl methyl sites for hydroxylation is 2. The van der Waals surface area contributed by atoms with Crippen LogP contribution in [0.5, 0.6) is 0 Å². The second-order valence-corrected chi connectivity index (χ2v) is 7.93. The summed E-state index contributed by atoms with van der Waals surface area (Å²) in [7, 11) is 0. The molecule has 5 heterocycles. The lowest BCUT2D eigenvalue weighted by atomic mass is 10.0. The summed E-state index contributed by atoms with van der Waals surface area (Å²) in [6.07, 6.45) is 6.04. The van der Waals surface area contributed by atoms with Crippen molar-refractivity contribution in [1.29, 1.82) is 0 Å². The SMILES string of the molecule is O=C(NCc1ccccn1)c1cn(CCCCc2cc3cc(C4COC4)[nH]c3nn2)nn1. The Morgan fingerprint density at radius 1 is 1.16 bits per heavy atom. The van der Waals surface area contributed by atoms with Crippen molar-refractivity contribution in [1.82, 2.24) is 40.5 Å². The minimum Gasteiger partial charge on any atom is -0.380 e. The summed E-state index contributed by atoms with van der Waals surface area (Å²) in [5, 5.41) is 20.6. The Kier molecular flexibility index (Phi) is 5.84. The second kappa shape index (κ2) is 9.23. The first-order valence-electron chi connectivity index (χ1n) is 10.8. The number of carbonyl (C=O) groups is 1. The van der Waals surface area contributed by atoms with Crippen LogP contribution in [0.3, 0.4) is 0 Å². The molecule has 0 atom stereocenters. The van der Waals surface area contributed by atoms with Crippen LogP contribution in [0.25, 0.3) is 11.0 Å². The highest BCUT2D eigenvalue weighted by Crippen LogP contribution is 2.26. The van der Waals surface area contributed by atoms with Crippen LogP contribution in [0.4, 0.5) is 0 Å². The quantitative estimate of drug-likeness (QED) is 0.388. The molecule has 0 unspecified atom stereocenters. The molecule has 0 bridgehead atoms. The summed E-state index contributed by atoms with van der Waals surface area (Å²) >= 11 is 0. The number of ether oxygens (including phenoxy) is 1. The molecule has 0 aliphatic carbocycles. The number of amides is 1. The summed E-state index contributed by atoms with van der Waals surface area (Å²) in [4.78, 5) is 19.8. The molecule has 4 aromatic rings. The fourth-order valence-corrected chi connectivity index (χ4v) is 3.61. The summed E-state index contributed by atoms with van der Waals surface area (Å²) in [6, 6.07) is 9.83. The van der Waals surface area contributed by atoms with Crippen molar-refractivity contribution in [3.05, 3.63) is 65.5 Å². The van der Waals surface area contributed by atoms with Crippen LogP contribution in [0, 0.1) is 0 Å². The van der Waals surface area contributed by atoms with Gasteiger partial charge in [0.15, 0.2) is 11.3 Å². The molecule has 1 fully saturated rings. The zero-order valence-corrected chi connectivity index (χ0v) is 17.6. The maximum absolute atomic E-state index is 12.2. The number of aromatic nitrogens is 7. The van der Waals surface area contributed by atoms with Crippen LogP contribution in [-0.4, -0.2) is 54.3 Å². The van der Waals surface area contributed by atoms with E-state index in [-0.39, 0.29) is 5.91 Å². The Labute approximate surface area is 184 Å². The third kappa shape index (κ3) is 4.65. The van der Waals surface area contributed by atoms with E-state index in [0.717, 1.165) is 54.9 Å². The van der Waals surface area contributed by atoms with Crippen molar-refractivity contribution in [2.24, 2.45) is 0 Å². The van der Waals surface area contributed by atoms with E-state index in [0.29, 0.717) is 24.7 Å². The molecule has 32 heavy (non-hydrogen) atoms. The van der Waals surface area contributed by atoms with Crippen molar-refractivity contribution in [2.75, 3.05) is 13.2 Å². The molecule has 4 aromatic heterocycles. The lowest BCUT2D eigenvalue weighted by molar-refractivity contribution is 0.00699. The van der Waals surface area contributed by atoms with Gasteiger partial charge in [0.2, 0.25) is 0 Å². The highest BCUT2D eigenvalue weighted by atomic mass is 16.5. The van der Waals surface area contributed by atoms with Crippen molar-refractivity contribution in [3.8, 4) is 0 Å². The maximum Gasteiger partial charge on any atom is 0.273 e. The highest BCUT2D eigenvalue weighted by molar-refractivity contribution is 5.91. The number of nitrogens with one attached hydrogen (secondary N) is 2. The predicted molar refractivity (Wildman–Crippen MR) is 116 cm³/mol. The molecule has 1 saturated heterocycles. The van der Waals surface area contributed by atoms with Crippen molar-refractivity contribution in [2.45, 2.75) is 38.3 Å². The van der Waals surface area contributed by atoms with Crippen molar-refractivity contribution in [3.63, 3.8) is 0 Å². The van der Waals surface area contributed by atoms with Gasteiger partial charge in [0, 0.05) is 29.7 Å². The first-order chi connectivity index (χ1) is 15.7. The fourth-order valence-electron chi connectivity index (χ4n) is 3.61. The number of rotatable bonds is 9. The summed E-state index contributed by atoms with van der Waals surface area (Å²) in [5.41, 5.74) is 4.07. The van der Waals surface area contributed by atoms with Gasteiger partial charge < -0.3 is 15.0 Å². The van der Waals surface area contributed by atoms with Gasteiger partial charge in [0.1, 0.15) is 0 Å². The van der Waals surface area contributed by atoms with Gasteiger partial charge in [0.05, 0.1) is 37.3 Å². The molecule has 0 saturated carbocycles. The zero-order chi connectivity index (χ0) is 21.8. The largest absolute Gasteiger partial charge is 0.380 e. The van der Waals surface area contributed by atoms with Gasteiger partial charge in [-0.1, -0.05) is 11.3 Å². The van der Waals surface area contributed by atoms with Gasteiger partial charge in [-0.15, -0.1) is 10.2 Å². The van der Waals surface area contributed by atoms with Gasteiger partial charge in [-0.3, -0.25) is 14.5 Å².